The van der Waals surface area contributed by atoms with E-state index in [1.165, 1.54) is 17.4 Å². The van der Waals surface area contributed by atoms with Crippen molar-refractivity contribution in [2.45, 2.75) is 29.3 Å². The van der Waals surface area contributed by atoms with Crippen LogP contribution in [0.2, 0.25) is 10.0 Å². The van der Waals surface area contributed by atoms with E-state index in [9.17, 15) is 22.8 Å². The number of hydrogen-bond donors (Lipinski definition) is 1. The number of anilines is 1. The van der Waals surface area contributed by atoms with Crippen LogP contribution in [0.1, 0.15) is 17.0 Å². The fourth-order valence-electron chi connectivity index (χ4n) is 3.14. The van der Waals surface area contributed by atoms with Crippen molar-refractivity contribution in [1.82, 2.24) is 4.98 Å². The smallest absolute Gasteiger partial charge is 0.416 e. The number of rotatable bonds is 4. The van der Waals surface area contributed by atoms with Gasteiger partial charge in [-0.3, -0.25) is 9.59 Å². The molecular weight excluding hydrogens is 496 g/mol. The molecule has 1 aliphatic rings. The molecule has 1 atom stereocenters. The molecule has 2 heterocycles. The quantitative estimate of drug-likeness (QED) is 0.462. The highest BCUT2D eigenvalue weighted by Gasteiger charge is 2.38. The van der Waals surface area contributed by atoms with Crippen molar-refractivity contribution in [2.75, 3.05) is 4.90 Å². The lowest BCUT2D eigenvalue weighted by molar-refractivity contribution is -0.138. The van der Waals surface area contributed by atoms with Gasteiger partial charge in [0.1, 0.15) is 10.5 Å². The summed E-state index contributed by atoms with van der Waals surface area (Å²) in [6.45, 7) is -0.128. The lowest BCUT2D eigenvalue weighted by atomic mass is 10.1. The number of thioether (sulfide) groups is 1. The Bertz CT molecular complexity index is 1220. The van der Waals surface area contributed by atoms with Gasteiger partial charge in [-0.1, -0.05) is 23.2 Å². The van der Waals surface area contributed by atoms with E-state index < -0.39 is 35.3 Å². The number of aliphatic carboxylic acids is 1. The molecule has 1 amide bonds. The molecule has 0 saturated heterocycles. The predicted molar refractivity (Wildman–Crippen MR) is 114 cm³/mol. The van der Waals surface area contributed by atoms with E-state index in [0.29, 0.717) is 25.1 Å². The maximum Gasteiger partial charge on any atom is 0.416 e. The molecule has 0 radical (unpaired) electrons. The first-order valence-electron chi connectivity index (χ1n) is 8.69. The van der Waals surface area contributed by atoms with E-state index >= 15 is 0 Å². The summed E-state index contributed by atoms with van der Waals surface area (Å²) in [5.74, 6) is -1.77. The minimum absolute atomic E-state index is 0.0647. The molecule has 3 aromatic rings. The molecule has 0 saturated carbocycles. The van der Waals surface area contributed by atoms with Crippen molar-refractivity contribution in [1.29, 1.82) is 0 Å². The number of halogens is 5. The Balaban J connectivity index is 1.78. The number of hydrogen-bond acceptors (Lipinski definition) is 5. The molecular formula is C19H11Cl2F3N2O3S2. The van der Waals surface area contributed by atoms with Crippen LogP contribution < -0.4 is 4.90 Å². The third-order valence-electron chi connectivity index (χ3n) is 4.54. The van der Waals surface area contributed by atoms with Gasteiger partial charge in [0.15, 0.2) is 0 Å². The Morgan fingerprint density at radius 1 is 1.23 bits per heavy atom. The fourth-order valence-corrected chi connectivity index (χ4v) is 5.71. The molecule has 0 bridgehead atoms. The molecule has 0 fully saturated rings. The van der Waals surface area contributed by atoms with Gasteiger partial charge in [0, 0.05) is 4.90 Å². The molecule has 0 spiro atoms. The third kappa shape index (κ3) is 4.34. The first-order valence-corrected chi connectivity index (χ1v) is 11.1. The normalized spacial score (nSPS) is 16.6. The third-order valence-corrected chi connectivity index (χ3v) is 7.59. The number of carbonyl (C=O) groups is 2. The van der Waals surface area contributed by atoms with Crippen LogP contribution in [0.3, 0.4) is 0 Å². The van der Waals surface area contributed by atoms with Crippen LogP contribution in [0.15, 0.2) is 35.2 Å². The van der Waals surface area contributed by atoms with Gasteiger partial charge in [-0.05, 0) is 30.3 Å². The van der Waals surface area contributed by atoms with Crippen molar-refractivity contribution >= 4 is 74.1 Å². The first kappa shape index (κ1) is 22.2. The largest absolute Gasteiger partial charge is 0.481 e. The van der Waals surface area contributed by atoms with Crippen LogP contribution in [0.4, 0.5) is 18.9 Å². The maximum atomic E-state index is 13.3. The van der Waals surface area contributed by atoms with Crippen molar-refractivity contribution < 1.29 is 27.9 Å². The van der Waals surface area contributed by atoms with Crippen LogP contribution in [0.5, 0.6) is 0 Å². The second kappa shape index (κ2) is 8.16. The Hall–Kier alpha value is -2.01. The first-order chi connectivity index (χ1) is 14.5. The second-order valence-electron chi connectivity index (χ2n) is 6.62. The molecule has 5 nitrogen and oxygen atoms in total. The number of thiazole rings is 1. The van der Waals surface area contributed by atoms with Crippen LogP contribution in [-0.4, -0.2) is 27.2 Å². The highest BCUT2D eigenvalue weighted by atomic mass is 35.5. The van der Waals surface area contributed by atoms with Gasteiger partial charge in [-0.25, -0.2) is 4.98 Å². The van der Waals surface area contributed by atoms with E-state index in [2.05, 4.69) is 4.98 Å². The molecule has 1 unspecified atom stereocenters. The van der Waals surface area contributed by atoms with Gasteiger partial charge in [0.2, 0.25) is 5.91 Å². The van der Waals surface area contributed by atoms with Gasteiger partial charge in [0.25, 0.3) is 0 Å². The number of carboxylic acid groups (broad SMARTS) is 1. The zero-order chi connectivity index (χ0) is 22.5. The molecule has 1 N–H and O–H groups in total. The van der Waals surface area contributed by atoms with Crippen molar-refractivity contribution in [3.63, 3.8) is 0 Å². The number of carboxylic acids is 1. The molecule has 12 heteroatoms. The molecule has 1 aromatic heterocycles. The Kier molecular flexibility index (Phi) is 5.84. The Morgan fingerprint density at radius 2 is 1.97 bits per heavy atom. The van der Waals surface area contributed by atoms with Crippen molar-refractivity contribution in [3.05, 3.63) is 50.9 Å². The number of benzene rings is 2. The SMILES string of the molecule is O=C(O)CC1Sc2ccc(C(F)(F)F)cc2N(Cc2nc3c(Cl)c(Cl)ccc3s2)C1=O. The molecule has 2 aromatic carbocycles. The number of nitrogens with zero attached hydrogens (tertiary/aromatic N) is 2. The van der Waals surface area contributed by atoms with E-state index in [4.69, 9.17) is 28.3 Å². The zero-order valence-corrected chi connectivity index (χ0v) is 18.4. The summed E-state index contributed by atoms with van der Waals surface area (Å²) < 4.78 is 40.5. The summed E-state index contributed by atoms with van der Waals surface area (Å²) >= 11 is 14.4. The maximum absolute atomic E-state index is 13.3. The fraction of sp³-hybridized carbons (Fsp3) is 0.211. The summed E-state index contributed by atoms with van der Waals surface area (Å²) in [4.78, 5) is 30.1. The van der Waals surface area contributed by atoms with Crippen molar-refractivity contribution in [3.8, 4) is 0 Å². The summed E-state index contributed by atoms with van der Waals surface area (Å²) in [5.41, 5.74) is -0.408. The summed E-state index contributed by atoms with van der Waals surface area (Å²) in [7, 11) is 0. The lowest BCUT2D eigenvalue weighted by Crippen LogP contribution is -2.41. The summed E-state index contributed by atoms with van der Waals surface area (Å²) in [6.07, 6.45) is -5.05. The number of amides is 1. The van der Waals surface area contributed by atoms with Crippen LogP contribution in [-0.2, 0) is 22.3 Å². The number of carbonyl (C=O) groups excluding carboxylic acids is 1. The van der Waals surface area contributed by atoms with Gasteiger partial charge >= 0.3 is 12.1 Å². The van der Waals surface area contributed by atoms with Crippen LogP contribution in [0, 0.1) is 0 Å². The molecule has 162 valence electrons. The summed E-state index contributed by atoms with van der Waals surface area (Å²) in [6, 6.07) is 6.38. The zero-order valence-electron chi connectivity index (χ0n) is 15.2. The molecule has 0 aliphatic carbocycles. The van der Waals surface area contributed by atoms with E-state index in [-0.39, 0.29) is 17.3 Å². The number of alkyl halides is 3. The minimum Gasteiger partial charge on any atom is -0.481 e. The van der Waals surface area contributed by atoms with Gasteiger partial charge in [-0.2, -0.15) is 13.2 Å². The van der Waals surface area contributed by atoms with Crippen molar-refractivity contribution in [2.24, 2.45) is 0 Å². The molecule has 1 aliphatic heterocycles. The second-order valence-corrected chi connectivity index (χ2v) is 9.77. The summed E-state index contributed by atoms with van der Waals surface area (Å²) in [5, 5.41) is 9.15. The van der Waals surface area contributed by atoms with Gasteiger partial charge in [-0.15, -0.1) is 23.1 Å². The van der Waals surface area contributed by atoms with Gasteiger partial charge < -0.3 is 10.0 Å². The Morgan fingerprint density at radius 3 is 2.65 bits per heavy atom. The topological polar surface area (TPSA) is 70.5 Å². The minimum atomic E-state index is -4.59. The standard InChI is InChI=1S/C19H11Cl2F3N2O3S2/c20-9-2-4-12-17(16(9)21)25-14(31-12)7-26-10-5-8(19(22,23)24)1-3-11(10)30-13(18(26)29)6-15(27)28/h1-5,13H,6-7H2,(H,27,28). The van der Waals surface area contributed by atoms with Crippen LogP contribution >= 0.6 is 46.3 Å². The lowest BCUT2D eigenvalue weighted by Gasteiger charge is -2.33. The number of fused-ring (bicyclic) bond motifs is 2. The van der Waals surface area contributed by atoms with E-state index in [1.807, 2.05) is 0 Å². The number of aromatic nitrogens is 1. The van der Waals surface area contributed by atoms with E-state index in [0.717, 1.165) is 28.8 Å². The highest BCUT2D eigenvalue weighted by molar-refractivity contribution is 8.01. The average Bonchev–Trinajstić information content (AvgIpc) is 3.10. The molecule has 31 heavy (non-hydrogen) atoms. The van der Waals surface area contributed by atoms with Crippen LogP contribution in [0.25, 0.3) is 10.2 Å². The molecule has 4 rings (SSSR count). The monoisotopic (exact) mass is 506 g/mol. The average molecular weight is 507 g/mol. The predicted octanol–water partition coefficient (Wildman–Crippen LogP) is 6.10. The van der Waals surface area contributed by atoms with Gasteiger partial charge in [0.05, 0.1) is 44.2 Å². The highest BCUT2D eigenvalue weighted by Crippen LogP contribution is 2.44. The van der Waals surface area contributed by atoms with E-state index in [1.54, 1.807) is 12.1 Å². The Labute approximate surface area is 191 Å².